The molecule has 33 heavy (non-hydrogen) atoms. The van der Waals surface area contributed by atoms with Crippen molar-refractivity contribution in [1.82, 2.24) is 14.5 Å². The lowest BCUT2D eigenvalue weighted by atomic mass is 9.88. The Balaban J connectivity index is 1.59. The number of methoxy groups -OCH3 is 1. The van der Waals surface area contributed by atoms with E-state index in [-0.39, 0.29) is 35.9 Å². The highest BCUT2D eigenvalue weighted by molar-refractivity contribution is 5.77. The molecule has 1 N–H and O–H groups in total. The number of carbonyl (C=O) groups excluding carboxylic acids is 1. The van der Waals surface area contributed by atoms with Crippen LogP contribution in [-0.4, -0.2) is 45.3 Å². The van der Waals surface area contributed by atoms with Crippen molar-refractivity contribution in [2.45, 2.75) is 25.2 Å². The van der Waals surface area contributed by atoms with Gasteiger partial charge in [-0.1, -0.05) is 18.2 Å². The Labute approximate surface area is 190 Å². The highest BCUT2D eigenvalue weighted by Crippen LogP contribution is 2.50. The normalized spacial score (nSPS) is 23.8. The molecule has 0 amide bonds. The van der Waals surface area contributed by atoms with Crippen LogP contribution in [0.5, 0.6) is 0 Å². The molecule has 170 valence electrons. The van der Waals surface area contributed by atoms with E-state index in [4.69, 9.17) is 4.74 Å². The molecule has 0 saturated carbocycles. The van der Waals surface area contributed by atoms with Gasteiger partial charge in [0.05, 0.1) is 18.8 Å². The van der Waals surface area contributed by atoms with Crippen LogP contribution >= 0.6 is 0 Å². The number of pyridine rings is 2. The van der Waals surface area contributed by atoms with Gasteiger partial charge < -0.3 is 14.4 Å². The molecule has 4 atom stereocenters. The van der Waals surface area contributed by atoms with Gasteiger partial charge in [-0.25, -0.2) is 4.39 Å². The molecule has 0 radical (unpaired) electrons. The third kappa shape index (κ3) is 3.55. The number of aliphatic hydroxyl groups excluding tert-OH is 1. The number of likely N-dealkylation sites (tertiary alicyclic amines) is 1. The van der Waals surface area contributed by atoms with Crippen LogP contribution in [0.15, 0.2) is 65.6 Å². The van der Waals surface area contributed by atoms with Crippen LogP contribution in [0.3, 0.4) is 0 Å². The van der Waals surface area contributed by atoms with E-state index >= 15 is 0 Å². The van der Waals surface area contributed by atoms with Gasteiger partial charge in [0.1, 0.15) is 11.9 Å². The predicted molar refractivity (Wildman–Crippen MR) is 118 cm³/mol. The fraction of sp³-hybridized carbons (Fsp3) is 0.320. The molecule has 3 aromatic rings. The zero-order valence-electron chi connectivity index (χ0n) is 18.1. The lowest BCUT2D eigenvalue weighted by Gasteiger charge is -2.29. The topological polar surface area (TPSA) is 84.7 Å². The van der Waals surface area contributed by atoms with Crippen LogP contribution < -0.4 is 5.56 Å². The van der Waals surface area contributed by atoms with Crippen molar-refractivity contribution in [3.05, 3.63) is 88.4 Å². The van der Waals surface area contributed by atoms with Crippen molar-refractivity contribution in [3.8, 4) is 11.1 Å². The van der Waals surface area contributed by atoms with E-state index in [1.54, 1.807) is 29.0 Å². The number of rotatable bonds is 5. The fourth-order valence-electron chi connectivity index (χ4n) is 5.40. The van der Waals surface area contributed by atoms with Crippen LogP contribution in [0.2, 0.25) is 0 Å². The van der Waals surface area contributed by atoms with Gasteiger partial charge in [0.25, 0.3) is 5.56 Å². The summed E-state index contributed by atoms with van der Waals surface area (Å²) < 4.78 is 20.2. The summed E-state index contributed by atoms with van der Waals surface area (Å²) in [5, 5.41) is 10.2. The van der Waals surface area contributed by atoms with E-state index in [0.29, 0.717) is 24.2 Å². The molecular formula is C25H24FN3O4. The molecule has 2 aromatic heterocycles. The van der Waals surface area contributed by atoms with Crippen molar-refractivity contribution in [3.63, 3.8) is 0 Å². The van der Waals surface area contributed by atoms with Crippen molar-refractivity contribution < 1.29 is 19.0 Å². The van der Waals surface area contributed by atoms with Crippen molar-refractivity contribution in [1.29, 1.82) is 0 Å². The number of carbonyl (C=O) groups is 1. The lowest BCUT2D eigenvalue weighted by Crippen LogP contribution is -2.43. The molecule has 2 aliphatic heterocycles. The summed E-state index contributed by atoms with van der Waals surface area (Å²) in [6.45, 7) is 0.560. The summed E-state index contributed by atoms with van der Waals surface area (Å²) in [5.74, 6) is -1.30. The highest BCUT2D eigenvalue weighted by Gasteiger charge is 2.56. The first-order valence-electron chi connectivity index (χ1n) is 10.9. The minimum atomic E-state index is -0.641. The van der Waals surface area contributed by atoms with E-state index in [1.807, 2.05) is 29.2 Å². The maximum Gasteiger partial charge on any atom is 0.323 e. The number of hydrogen-bond acceptors (Lipinski definition) is 6. The fourth-order valence-corrected chi connectivity index (χ4v) is 5.40. The number of halogens is 1. The Hall–Kier alpha value is -3.36. The maximum atomic E-state index is 13.4. The van der Waals surface area contributed by atoms with E-state index in [9.17, 15) is 19.1 Å². The average Bonchev–Trinajstić information content (AvgIpc) is 3.36. The minimum Gasteiger partial charge on any atom is -0.468 e. The van der Waals surface area contributed by atoms with Crippen LogP contribution in [0, 0.1) is 17.7 Å². The van der Waals surface area contributed by atoms with E-state index in [1.165, 1.54) is 19.2 Å². The van der Waals surface area contributed by atoms with Gasteiger partial charge in [-0.05, 0) is 42.0 Å². The van der Waals surface area contributed by atoms with E-state index in [2.05, 4.69) is 4.98 Å². The number of benzene rings is 1. The number of ether oxygens (including phenoxy) is 1. The molecule has 0 aliphatic carbocycles. The van der Waals surface area contributed by atoms with Crippen LogP contribution in [0.4, 0.5) is 4.39 Å². The molecule has 1 aromatic carbocycles. The van der Waals surface area contributed by atoms with E-state index < -0.39 is 12.0 Å². The SMILES string of the molecule is COC(=O)[C@H]1[C@H](CO)[C@H]2Cn3c(ccc(-c4ccc(F)cc4)c3=O)[C@H]2N1Cc1ccccn1. The van der Waals surface area contributed by atoms with Crippen molar-refractivity contribution in [2.24, 2.45) is 11.8 Å². The van der Waals surface area contributed by atoms with Crippen LogP contribution in [0.1, 0.15) is 17.4 Å². The minimum absolute atomic E-state index is 0.140. The monoisotopic (exact) mass is 449 g/mol. The molecule has 8 heteroatoms. The molecule has 1 fully saturated rings. The predicted octanol–water partition coefficient (Wildman–Crippen LogP) is 2.39. The number of nitrogens with zero attached hydrogens (tertiary/aromatic N) is 3. The number of esters is 1. The second-order valence-electron chi connectivity index (χ2n) is 8.51. The van der Waals surface area contributed by atoms with Gasteiger partial charge in [-0.15, -0.1) is 0 Å². The average molecular weight is 449 g/mol. The zero-order chi connectivity index (χ0) is 23.1. The number of aromatic nitrogens is 2. The van der Waals surface area contributed by atoms with Gasteiger partial charge in [-0.2, -0.15) is 0 Å². The van der Waals surface area contributed by atoms with Crippen LogP contribution in [0.25, 0.3) is 11.1 Å². The quantitative estimate of drug-likeness (QED) is 0.602. The van der Waals surface area contributed by atoms with Gasteiger partial charge >= 0.3 is 5.97 Å². The molecule has 0 bridgehead atoms. The summed E-state index contributed by atoms with van der Waals surface area (Å²) >= 11 is 0. The zero-order valence-corrected chi connectivity index (χ0v) is 18.1. The van der Waals surface area contributed by atoms with Crippen molar-refractivity contribution >= 4 is 5.97 Å². The second-order valence-corrected chi connectivity index (χ2v) is 8.51. The highest BCUT2D eigenvalue weighted by atomic mass is 19.1. The molecule has 2 aliphatic rings. The molecule has 4 heterocycles. The first-order valence-corrected chi connectivity index (χ1v) is 10.9. The third-order valence-corrected chi connectivity index (χ3v) is 6.86. The lowest BCUT2D eigenvalue weighted by molar-refractivity contribution is -0.148. The number of hydrogen-bond donors (Lipinski definition) is 1. The molecule has 0 unspecified atom stereocenters. The Morgan fingerprint density at radius 2 is 1.97 bits per heavy atom. The maximum absolute atomic E-state index is 13.4. The summed E-state index contributed by atoms with van der Waals surface area (Å²) in [4.78, 5) is 32.6. The van der Waals surface area contributed by atoms with Crippen LogP contribution in [-0.2, 0) is 22.6 Å². The first-order chi connectivity index (χ1) is 16.0. The van der Waals surface area contributed by atoms with Gasteiger partial charge in [0.2, 0.25) is 0 Å². The molecule has 0 spiro atoms. The second kappa shape index (κ2) is 8.53. The van der Waals surface area contributed by atoms with Crippen molar-refractivity contribution in [2.75, 3.05) is 13.7 Å². The largest absolute Gasteiger partial charge is 0.468 e. The summed E-state index contributed by atoms with van der Waals surface area (Å²) in [7, 11) is 1.34. The van der Waals surface area contributed by atoms with Gasteiger partial charge in [0, 0.05) is 49.0 Å². The molecular weight excluding hydrogens is 425 g/mol. The Kier molecular flexibility index (Phi) is 5.55. The smallest absolute Gasteiger partial charge is 0.323 e. The molecule has 7 nitrogen and oxygen atoms in total. The summed E-state index contributed by atoms with van der Waals surface area (Å²) in [6, 6.07) is 14.2. The Morgan fingerprint density at radius 1 is 1.18 bits per heavy atom. The van der Waals surface area contributed by atoms with E-state index in [0.717, 1.165) is 11.4 Å². The molecule has 5 rings (SSSR count). The standard InChI is InChI=1S/C25H24FN3O4/c1-33-25(32)23-20(14-30)19-13-28-21(22(19)29(23)12-17-4-2-3-11-27-17)10-9-18(24(28)31)15-5-7-16(26)8-6-15/h2-11,19-20,22-23,30H,12-14H2,1H3/t19-,20-,22+,23-/m1/s1. The third-order valence-electron chi connectivity index (χ3n) is 6.86. The first kappa shape index (κ1) is 21.5. The number of fused-ring (bicyclic) bond motifs is 3. The number of aliphatic hydroxyl groups is 1. The summed E-state index contributed by atoms with van der Waals surface area (Å²) in [5.41, 5.74) is 2.53. The summed E-state index contributed by atoms with van der Waals surface area (Å²) in [6.07, 6.45) is 1.70. The Bertz CT molecular complexity index is 1230. The molecule has 1 saturated heterocycles. The Morgan fingerprint density at radius 3 is 2.64 bits per heavy atom. The van der Waals surface area contributed by atoms with Gasteiger partial charge in [0.15, 0.2) is 0 Å². The van der Waals surface area contributed by atoms with Gasteiger partial charge in [-0.3, -0.25) is 19.5 Å².